The van der Waals surface area contributed by atoms with Crippen LogP contribution in [0.1, 0.15) is 19.8 Å². The lowest BCUT2D eigenvalue weighted by molar-refractivity contribution is 0.416. The van der Waals surface area contributed by atoms with Gasteiger partial charge in [0.2, 0.25) is 18.2 Å². The van der Waals surface area contributed by atoms with Crippen molar-refractivity contribution in [2.75, 3.05) is 0 Å². The van der Waals surface area contributed by atoms with E-state index in [4.69, 9.17) is 0 Å². The highest BCUT2D eigenvalue weighted by molar-refractivity contribution is 5.42. The third kappa shape index (κ3) is 3.36. The molecule has 0 rings (SSSR count). The number of carbonyl (C=O) groups excluding carboxylic acids is 3. The Hall–Kier alpha value is -1.86. The average Bonchev–Trinajstić information content (AvgIpc) is 2.06. The van der Waals surface area contributed by atoms with Gasteiger partial charge in [0.05, 0.1) is 0 Å². The van der Waals surface area contributed by atoms with Crippen molar-refractivity contribution in [3.63, 3.8) is 0 Å². The summed E-state index contributed by atoms with van der Waals surface area (Å²) < 4.78 is 0. The highest BCUT2D eigenvalue weighted by Crippen LogP contribution is 2.19. The number of aliphatic imine (C=N–C) groups is 3. The third-order valence-electron chi connectivity index (χ3n) is 1.26. The first-order valence-corrected chi connectivity index (χ1v) is 3.51. The van der Waals surface area contributed by atoms with Crippen LogP contribution in [-0.2, 0) is 14.4 Å². The summed E-state index contributed by atoms with van der Waals surface area (Å²) >= 11 is 0. The molecular formula is C7H7N3O3. The van der Waals surface area contributed by atoms with Gasteiger partial charge in [0.1, 0.15) is 0 Å². The molecule has 0 aliphatic rings. The van der Waals surface area contributed by atoms with E-state index in [0.717, 1.165) is 0 Å². The summed E-state index contributed by atoms with van der Waals surface area (Å²) in [4.78, 5) is 39.4. The van der Waals surface area contributed by atoms with Gasteiger partial charge in [-0.3, -0.25) is 0 Å². The fraction of sp³-hybridized carbons (Fsp3) is 0.571. The van der Waals surface area contributed by atoms with Crippen molar-refractivity contribution in [1.29, 1.82) is 0 Å². The minimum Gasteiger partial charge on any atom is -0.211 e. The van der Waals surface area contributed by atoms with Crippen LogP contribution in [0.3, 0.4) is 0 Å². The lowest BCUT2D eigenvalue weighted by Gasteiger charge is -2.12. The van der Waals surface area contributed by atoms with Gasteiger partial charge in [-0.15, -0.1) is 0 Å². The fourth-order valence-corrected chi connectivity index (χ4v) is 0.797. The van der Waals surface area contributed by atoms with Gasteiger partial charge in [-0.1, -0.05) is 6.92 Å². The monoisotopic (exact) mass is 181 g/mol. The van der Waals surface area contributed by atoms with E-state index in [1.165, 1.54) is 18.2 Å². The molecule has 0 heterocycles. The molecular weight excluding hydrogens is 174 g/mol. The molecule has 0 spiro atoms. The first kappa shape index (κ1) is 11.1. The highest BCUT2D eigenvalue weighted by atomic mass is 16.1. The van der Waals surface area contributed by atoms with E-state index in [1.54, 1.807) is 6.92 Å². The second-order valence-corrected chi connectivity index (χ2v) is 2.13. The Bertz CT molecular complexity index is 261. The lowest BCUT2D eigenvalue weighted by Crippen LogP contribution is -2.19. The van der Waals surface area contributed by atoms with Gasteiger partial charge >= 0.3 is 0 Å². The average molecular weight is 181 g/mol. The van der Waals surface area contributed by atoms with Crippen molar-refractivity contribution in [3.05, 3.63) is 0 Å². The highest BCUT2D eigenvalue weighted by Gasteiger charge is 2.27. The molecule has 0 saturated carbocycles. The number of isocyanates is 3. The van der Waals surface area contributed by atoms with E-state index < -0.39 is 5.79 Å². The van der Waals surface area contributed by atoms with Gasteiger partial charge in [0.15, 0.2) is 0 Å². The van der Waals surface area contributed by atoms with Crippen LogP contribution >= 0.6 is 0 Å². The van der Waals surface area contributed by atoms with Gasteiger partial charge in [0.25, 0.3) is 5.79 Å². The van der Waals surface area contributed by atoms with Gasteiger partial charge < -0.3 is 0 Å². The summed E-state index contributed by atoms with van der Waals surface area (Å²) in [5.41, 5.74) is 0. The van der Waals surface area contributed by atoms with Crippen LogP contribution in [0, 0.1) is 0 Å². The molecule has 6 nitrogen and oxygen atoms in total. The molecule has 0 aromatic carbocycles. The molecule has 0 amide bonds. The Balaban J connectivity index is 5.12. The minimum absolute atomic E-state index is 0.159. The van der Waals surface area contributed by atoms with Crippen LogP contribution in [0.15, 0.2) is 15.0 Å². The van der Waals surface area contributed by atoms with E-state index in [9.17, 15) is 14.4 Å². The predicted molar refractivity (Wildman–Crippen MR) is 42.0 cm³/mol. The van der Waals surface area contributed by atoms with Crippen LogP contribution < -0.4 is 0 Å². The first-order chi connectivity index (χ1) is 6.24. The van der Waals surface area contributed by atoms with Gasteiger partial charge in [-0.2, -0.15) is 15.0 Å². The van der Waals surface area contributed by atoms with Gasteiger partial charge in [-0.25, -0.2) is 14.4 Å². The van der Waals surface area contributed by atoms with Crippen molar-refractivity contribution in [3.8, 4) is 0 Å². The molecule has 0 aromatic rings. The molecule has 0 fully saturated rings. The molecule has 0 aliphatic heterocycles. The van der Waals surface area contributed by atoms with E-state index in [2.05, 4.69) is 15.0 Å². The summed E-state index contributed by atoms with van der Waals surface area (Å²) in [5, 5.41) is 0. The van der Waals surface area contributed by atoms with E-state index >= 15 is 0 Å². The summed E-state index contributed by atoms with van der Waals surface area (Å²) in [6.45, 7) is 1.76. The maximum Gasteiger partial charge on any atom is 0.277 e. The number of nitrogens with zero attached hydrogens (tertiary/aromatic N) is 3. The molecule has 0 N–H and O–H groups in total. The zero-order valence-electron chi connectivity index (χ0n) is 6.98. The van der Waals surface area contributed by atoms with E-state index in [1.807, 2.05) is 0 Å². The standard InChI is InChI=1S/C7H7N3O3/c1-2-3-7(8-4-11,9-5-12)10-6-13/h2-3H2,1H3. The second-order valence-electron chi connectivity index (χ2n) is 2.13. The summed E-state index contributed by atoms with van der Waals surface area (Å²) in [6.07, 6.45) is 4.28. The van der Waals surface area contributed by atoms with E-state index in [-0.39, 0.29) is 6.42 Å². The molecule has 6 heteroatoms. The zero-order chi connectivity index (χ0) is 10.2. The SMILES string of the molecule is CCCC(N=C=O)(N=C=O)N=C=O. The summed E-state index contributed by atoms with van der Waals surface area (Å²) in [7, 11) is 0. The lowest BCUT2D eigenvalue weighted by atomic mass is 10.2. The van der Waals surface area contributed by atoms with Crippen LogP contribution in [-0.4, -0.2) is 24.0 Å². The minimum atomic E-state index is -1.69. The van der Waals surface area contributed by atoms with Crippen LogP contribution in [0.4, 0.5) is 0 Å². The Labute approximate surface area is 74.1 Å². The quantitative estimate of drug-likeness (QED) is 0.455. The normalized spacial score (nSPS) is 12.7. The zero-order valence-corrected chi connectivity index (χ0v) is 6.98. The molecule has 68 valence electrons. The number of hydrogen-bond donors (Lipinski definition) is 0. The first-order valence-electron chi connectivity index (χ1n) is 3.51. The summed E-state index contributed by atoms with van der Waals surface area (Å²) in [5.74, 6) is -1.69. The Morgan fingerprint density at radius 1 is 1.00 bits per heavy atom. The molecule has 0 saturated heterocycles. The second kappa shape index (κ2) is 5.75. The molecule has 0 radical (unpaired) electrons. The fourth-order valence-electron chi connectivity index (χ4n) is 0.797. The molecule has 13 heavy (non-hydrogen) atoms. The Morgan fingerprint density at radius 2 is 1.38 bits per heavy atom. The molecule has 0 atom stereocenters. The van der Waals surface area contributed by atoms with Crippen LogP contribution in [0.5, 0.6) is 0 Å². The molecule has 0 aromatic heterocycles. The smallest absolute Gasteiger partial charge is 0.211 e. The Kier molecular flexibility index (Phi) is 4.93. The maximum atomic E-state index is 9.97. The van der Waals surface area contributed by atoms with Crippen LogP contribution in [0.25, 0.3) is 0 Å². The molecule has 0 aliphatic carbocycles. The van der Waals surface area contributed by atoms with Crippen molar-refractivity contribution in [1.82, 2.24) is 0 Å². The van der Waals surface area contributed by atoms with Gasteiger partial charge in [-0.05, 0) is 6.42 Å². The third-order valence-corrected chi connectivity index (χ3v) is 1.26. The Morgan fingerprint density at radius 3 is 1.62 bits per heavy atom. The van der Waals surface area contributed by atoms with Crippen molar-refractivity contribution >= 4 is 18.2 Å². The van der Waals surface area contributed by atoms with Crippen molar-refractivity contribution in [2.45, 2.75) is 25.6 Å². The number of hydrogen-bond acceptors (Lipinski definition) is 6. The predicted octanol–water partition coefficient (Wildman–Crippen LogP) is 0.448. The van der Waals surface area contributed by atoms with Gasteiger partial charge in [0, 0.05) is 6.42 Å². The van der Waals surface area contributed by atoms with Crippen molar-refractivity contribution in [2.24, 2.45) is 15.0 Å². The summed E-state index contributed by atoms with van der Waals surface area (Å²) in [6, 6.07) is 0. The number of rotatable bonds is 5. The van der Waals surface area contributed by atoms with Crippen molar-refractivity contribution < 1.29 is 14.4 Å². The van der Waals surface area contributed by atoms with E-state index in [0.29, 0.717) is 6.42 Å². The molecule has 0 unspecified atom stereocenters. The molecule has 0 bridgehead atoms. The topological polar surface area (TPSA) is 88.3 Å². The van der Waals surface area contributed by atoms with Crippen LogP contribution in [0.2, 0.25) is 0 Å². The maximum absolute atomic E-state index is 9.97. The largest absolute Gasteiger partial charge is 0.277 e.